The first-order valence-corrected chi connectivity index (χ1v) is 10.5. The van der Waals surface area contributed by atoms with Crippen molar-refractivity contribution in [2.75, 3.05) is 0 Å². The third kappa shape index (κ3) is 5.68. The van der Waals surface area contributed by atoms with Gasteiger partial charge in [0.05, 0.1) is 10.0 Å². The summed E-state index contributed by atoms with van der Waals surface area (Å²) in [5.74, 6) is -0.452. The molecule has 8 heteroatoms. The first-order valence-electron chi connectivity index (χ1n) is 8.93. The summed E-state index contributed by atoms with van der Waals surface area (Å²) in [5.41, 5.74) is 7.72. The Bertz CT molecular complexity index is 1060. The van der Waals surface area contributed by atoms with Crippen LogP contribution in [0.1, 0.15) is 29.0 Å². The number of amidine groups is 1. The van der Waals surface area contributed by atoms with Crippen LogP contribution in [-0.2, 0) is 4.79 Å². The lowest BCUT2D eigenvalue weighted by Crippen LogP contribution is -2.32. The third-order valence-electron chi connectivity index (χ3n) is 4.33. The van der Waals surface area contributed by atoms with Crippen LogP contribution in [-0.4, -0.2) is 16.8 Å². The molecule has 1 amide bonds. The fourth-order valence-corrected chi connectivity index (χ4v) is 3.33. The fraction of sp³-hybridized carbons (Fsp3) is 0.0909. The number of hydrogen-bond donors (Lipinski definition) is 3. The summed E-state index contributed by atoms with van der Waals surface area (Å²) in [6.07, 6.45) is -1.19. The van der Waals surface area contributed by atoms with Crippen LogP contribution < -0.4 is 11.1 Å². The van der Waals surface area contributed by atoms with Crippen molar-refractivity contribution < 1.29 is 9.90 Å². The number of aliphatic imine (C=N–C) groups is 1. The van der Waals surface area contributed by atoms with Crippen molar-refractivity contribution in [3.8, 4) is 0 Å². The van der Waals surface area contributed by atoms with Gasteiger partial charge in [0.15, 0.2) is 0 Å². The maximum Gasteiger partial charge on any atom is 0.269 e. The molecule has 0 fully saturated rings. The Morgan fingerprint density at radius 3 is 2.23 bits per heavy atom. The molecule has 0 aliphatic carbocycles. The van der Waals surface area contributed by atoms with Crippen LogP contribution in [0.3, 0.4) is 0 Å². The van der Waals surface area contributed by atoms with Crippen LogP contribution in [0.4, 0.5) is 0 Å². The number of benzene rings is 3. The minimum atomic E-state index is -1.19. The van der Waals surface area contributed by atoms with E-state index in [2.05, 4.69) is 26.2 Å². The zero-order valence-electron chi connectivity index (χ0n) is 15.6. The van der Waals surface area contributed by atoms with E-state index in [0.717, 1.165) is 4.47 Å². The zero-order valence-corrected chi connectivity index (χ0v) is 18.7. The Hall–Kier alpha value is -2.22. The van der Waals surface area contributed by atoms with Crippen molar-refractivity contribution in [1.82, 2.24) is 5.32 Å². The van der Waals surface area contributed by atoms with Crippen LogP contribution in [0, 0.1) is 0 Å². The lowest BCUT2D eigenvalue weighted by molar-refractivity contribution is -0.120. The van der Waals surface area contributed by atoms with Gasteiger partial charge in [-0.05, 0) is 35.4 Å². The van der Waals surface area contributed by atoms with Gasteiger partial charge in [-0.2, -0.15) is 4.99 Å². The SMILES string of the molecule is NC(=NC(=O)C(NC(O)c1ccc(Cl)c(Cl)c1)c1ccc(Br)cc1)c1ccccc1. The second-order valence-electron chi connectivity index (χ2n) is 6.43. The predicted octanol–water partition coefficient (Wildman–Crippen LogP) is 5.01. The zero-order chi connectivity index (χ0) is 21.7. The first kappa shape index (κ1) is 22.5. The molecule has 2 unspecified atom stereocenters. The number of nitrogens with zero attached hydrogens (tertiary/aromatic N) is 1. The first-order chi connectivity index (χ1) is 14.3. The number of nitrogens with two attached hydrogens (primary N) is 1. The van der Waals surface area contributed by atoms with Gasteiger partial charge in [0.25, 0.3) is 5.91 Å². The van der Waals surface area contributed by atoms with E-state index >= 15 is 0 Å². The molecular formula is C22H18BrCl2N3O2. The van der Waals surface area contributed by atoms with E-state index in [1.54, 1.807) is 60.7 Å². The molecule has 0 saturated heterocycles. The Labute approximate surface area is 192 Å². The standard InChI is InChI=1S/C22H18BrCl2N3O2/c23-16-9-6-13(7-10-16)19(22(30)28-20(26)14-4-2-1-3-5-14)27-21(29)15-8-11-17(24)18(25)12-15/h1-12,19,21,27,29H,(H2,26,28,30). The van der Waals surface area contributed by atoms with Crippen LogP contribution >= 0.6 is 39.1 Å². The molecule has 0 radical (unpaired) electrons. The molecule has 0 aliphatic heterocycles. The number of halogens is 3. The molecule has 5 nitrogen and oxygen atoms in total. The minimum Gasteiger partial charge on any atom is -0.383 e. The molecule has 30 heavy (non-hydrogen) atoms. The van der Waals surface area contributed by atoms with Gasteiger partial charge in [0.2, 0.25) is 0 Å². The van der Waals surface area contributed by atoms with Crippen LogP contribution in [0.15, 0.2) is 82.3 Å². The number of amides is 1. The number of carbonyl (C=O) groups excluding carboxylic acids is 1. The van der Waals surface area contributed by atoms with Crippen LogP contribution in [0.5, 0.6) is 0 Å². The van der Waals surface area contributed by atoms with Gasteiger partial charge >= 0.3 is 0 Å². The molecule has 0 bridgehead atoms. The molecular weight excluding hydrogens is 489 g/mol. The molecule has 154 valence electrons. The summed E-state index contributed by atoms with van der Waals surface area (Å²) in [6.45, 7) is 0. The van der Waals surface area contributed by atoms with Crippen LogP contribution in [0.2, 0.25) is 10.0 Å². The van der Waals surface area contributed by atoms with Gasteiger partial charge in [-0.1, -0.05) is 87.7 Å². The highest BCUT2D eigenvalue weighted by molar-refractivity contribution is 9.10. The lowest BCUT2D eigenvalue weighted by atomic mass is 10.0. The van der Waals surface area contributed by atoms with Crippen molar-refractivity contribution in [1.29, 1.82) is 0 Å². The number of nitrogens with one attached hydrogen (secondary N) is 1. The predicted molar refractivity (Wildman–Crippen MR) is 124 cm³/mol. The minimum absolute atomic E-state index is 0.0912. The van der Waals surface area contributed by atoms with Gasteiger partial charge in [-0.25, -0.2) is 0 Å². The summed E-state index contributed by atoms with van der Waals surface area (Å²) in [7, 11) is 0. The number of aliphatic hydroxyl groups excluding tert-OH is 1. The van der Waals surface area contributed by atoms with Gasteiger partial charge in [0, 0.05) is 10.0 Å². The van der Waals surface area contributed by atoms with E-state index in [1.165, 1.54) is 6.07 Å². The fourth-order valence-electron chi connectivity index (χ4n) is 2.76. The molecule has 0 aromatic heterocycles. The number of rotatable bonds is 6. The molecule has 0 spiro atoms. The molecule has 0 saturated carbocycles. The Morgan fingerprint density at radius 2 is 1.60 bits per heavy atom. The van der Waals surface area contributed by atoms with Crippen LogP contribution in [0.25, 0.3) is 0 Å². The number of hydrogen-bond acceptors (Lipinski definition) is 3. The summed E-state index contributed by atoms with van der Waals surface area (Å²) in [6, 6.07) is 19.9. The van der Waals surface area contributed by atoms with Crippen molar-refractivity contribution in [3.63, 3.8) is 0 Å². The van der Waals surface area contributed by atoms with Crippen molar-refractivity contribution in [2.45, 2.75) is 12.3 Å². The molecule has 0 aliphatic rings. The lowest BCUT2D eigenvalue weighted by Gasteiger charge is -2.21. The van der Waals surface area contributed by atoms with Crippen molar-refractivity contribution >= 4 is 50.9 Å². The van der Waals surface area contributed by atoms with Gasteiger partial charge in [-0.15, -0.1) is 0 Å². The molecule has 0 heterocycles. The molecule has 2 atom stereocenters. The monoisotopic (exact) mass is 505 g/mol. The van der Waals surface area contributed by atoms with E-state index < -0.39 is 18.2 Å². The maximum atomic E-state index is 13.0. The molecule has 3 aromatic rings. The summed E-state index contributed by atoms with van der Waals surface area (Å²) >= 11 is 15.4. The molecule has 3 aromatic carbocycles. The quantitative estimate of drug-likeness (QED) is 0.249. The highest BCUT2D eigenvalue weighted by Gasteiger charge is 2.24. The average Bonchev–Trinajstić information content (AvgIpc) is 2.75. The smallest absolute Gasteiger partial charge is 0.269 e. The average molecular weight is 507 g/mol. The number of carbonyl (C=O) groups is 1. The van der Waals surface area contributed by atoms with Gasteiger partial charge < -0.3 is 10.8 Å². The third-order valence-corrected chi connectivity index (χ3v) is 5.60. The van der Waals surface area contributed by atoms with Crippen molar-refractivity contribution in [2.24, 2.45) is 10.7 Å². The second-order valence-corrected chi connectivity index (χ2v) is 8.16. The number of aliphatic hydroxyl groups is 1. The van der Waals surface area contributed by atoms with E-state index in [4.69, 9.17) is 28.9 Å². The van der Waals surface area contributed by atoms with E-state index in [9.17, 15) is 9.90 Å². The van der Waals surface area contributed by atoms with Crippen molar-refractivity contribution in [3.05, 3.63) is 104 Å². The Balaban J connectivity index is 1.91. The normalized spacial score (nSPS) is 13.7. The van der Waals surface area contributed by atoms with Gasteiger partial charge in [-0.3, -0.25) is 10.1 Å². The summed E-state index contributed by atoms with van der Waals surface area (Å²) < 4.78 is 0.856. The Kier molecular flexibility index (Phi) is 7.64. The summed E-state index contributed by atoms with van der Waals surface area (Å²) in [5, 5.41) is 14.2. The Morgan fingerprint density at radius 1 is 0.967 bits per heavy atom. The summed E-state index contributed by atoms with van der Waals surface area (Å²) in [4.78, 5) is 17.0. The van der Waals surface area contributed by atoms with E-state index in [-0.39, 0.29) is 5.84 Å². The largest absolute Gasteiger partial charge is 0.383 e. The highest BCUT2D eigenvalue weighted by atomic mass is 79.9. The van der Waals surface area contributed by atoms with E-state index in [1.807, 2.05) is 6.07 Å². The molecule has 3 rings (SSSR count). The topological polar surface area (TPSA) is 87.7 Å². The van der Waals surface area contributed by atoms with Gasteiger partial charge in [0.1, 0.15) is 18.1 Å². The van der Waals surface area contributed by atoms with E-state index in [0.29, 0.717) is 26.7 Å². The second kappa shape index (κ2) is 10.2. The maximum absolute atomic E-state index is 13.0. The molecule has 4 N–H and O–H groups in total. The highest BCUT2D eigenvalue weighted by Crippen LogP contribution is 2.27.